The molecule has 164 valence electrons. The number of halogens is 1. The van der Waals surface area contributed by atoms with Gasteiger partial charge in [-0.15, -0.1) is 0 Å². The van der Waals surface area contributed by atoms with Gasteiger partial charge in [-0.25, -0.2) is 4.79 Å². The van der Waals surface area contributed by atoms with Gasteiger partial charge in [0.25, 0.3) is 5.56 Å². The smallest absolute Gasteiger partial charge is 0.331 e. The number of carbonyl (C=O) groups is 1. The Bertz CT molecular complexity index is 1210. The summed E-state index contributed by atoms with van der Waals surface area (Å²) in [4.78, 5) is 37.9. The number of rotatable bonds is 9. The first kappa shape index (κ1) is 22.8. The summed E-state index contributed by atoms with van der Waals surface area (Å²) in [6.45, 7) is 2.34. The lowest BCUT2D eigenvalue weighted by molar-refractivity contribution is -0.136. The van der Waals surface area contributed by atoms with Crippen molar-refractivity contribution in [1.82, 2.24) is 9.13 Å². The number of aliphatic carboxylic acids is 1. The third-order valence-electron chi connectivity index (χ3n) is 5.37. The number of unbranched alkanes of at least 4 members (excludes halogenated alkanes) is 1. The lowest BCUT2D eigenvalue weighted by Gasteiger charge is -2.17. The van der Waals surface area contributed by atoms with Gasteiger partial charge in [0.2, 0.25) is 0 Å². The van der Waals surface area contributed by atoms with Crippen LogP contribution in [0.4, 0.5) is 0 Å². The Morgan fingerprint density at radius 3 is 2.39 bits per heavy atom. The van der Waals surface area contributed by atoms with Crippen LogP contribution in [0.3, 0.4) is 0 Å². The summed E-state index contributed by atoms with van der Waals surface area (Å²) in [6, 6.07) is 10.6. The van der Waals surface area contributed by atoms with Gasteiger partial charge < -0.3 is 9.84 Å². The van der Waals surface area contributed by atoms with E-state index in [0.717, 1.165) is 23.7 Å². The van der Waals surface area contributed by atoms with E-state index in [1.807, 2.05) is 12.1 Å². The van der Waals surface area contributed by atoms with Crippen molar-refractivity contribution >= 4 is 32.8 Å². The molecular weight excluding hydrogens is 464 g/mol. The molecule has 31 heavy (non-hydrogen) atoms. The highest BCUT2D eigenvalue weighted by molar-refractivity contribution is 9.09. The summed E-state index contributed by atoms with van der Waals surface area (Å²) in [5, 5.41) is 10.4. The summed E-state index contributed by atoms with van der Waals surface area (Å²) in [5.41, 5.74) is 1.74. The molecule has 1 heterocycles. The number of nitrogens with zero attached hydrogens (tertiary/aromatic N) is 2. The molecule has 1 N–H and O–H groups in total. The van der Waals surface area contributed by atoms with Gasteiger partial charge in [-0.3, -0.25) is 18.7 Å². The number of hydrogen-bond acceptors (Lipinski definition) is 4. The van der Waals surface area contributed by atoms with Crippen molar-refractivity contribution < 1.29 is 14.6 Å². The first-order chi connectivity index (χ1) is 14.9. The molecule has 3 rings (SSSR count). The van der Waals surface area contributed by atoms with E-state index >= 15 is 0 Å². The SMILES string of the molecule is COc1ccc(Cn2c(=O)c3c(C)c(CC(=O)O)ccc3n(CCCCBr)c2=O)cc1. The van der Waals surface area contributed by atoms with Gasteiger partial charge in [-0.2, -0.15) is 0 Å². The molecule has 0 saturated carbocycles. The minimum absolute atomic E-state index is 0.124. The fraction of sp³-hybridized carbons (Fsp3) is 0.348. The average molecular weight is 489 g/mol. The van der Waals surface area contributed by atoms with Crippen molar-refractivity contribution in [3.63, 3.8) is 0 Å². The third kappa shape index (κ3) is 4.90. The van der Waals surface area contributed by atoms with Crippen molar-refractivity contribution in [2.75, 3.05) is 12.4 Å². The Morgan fingerprint density at radius 1 is 1.06 bits per heavy atom. The van der Waals surface area contributed by atoms with Crippen molar-refractivity contribution in [2.45, 2.75) is 39.3 Å². The number of hydrogen-bond donors (Lipinski definition) is 1. The largest absolute Gasteiger partial charge is 0.497 e. The summed E-state index contributed by atoms with van der Waals surface area (Å²) in [5.74, 6) is -0.275. The first-order valence-corrected chi connectivity index (χ1v) is 11.2. The van der Waals surface area contributed by atoms with Crippen LogP contribution >= 0.6 is 15.9 Å². The maximum Gasteiger partial charge on any atom is 0.331 e. The maximum absolute atomic E-state index is 13.4. The molecule has 0 spiro atoms. The number of carboxylic acid groups (broad SMARTS) is 1. The normalized spacial score (nSPS) is 11.1. The van der Waals surface area contributed by atoms with Crippen molar-refractivity contribution in [3.8, 4) is 5.75 Å². The van der Waals surface area contributed by atoms with E-state index in [2.05, 4.69) is 15.9 Å². The molecule has 0 amide bonds. The van der Waals surface area contributed by atoms with E-state index in [0.29, 0.717) is 34.3 Å². The van der Waals surface area contributed by atoms with Crippen molar-refractivity contribution in [1.29, 1.82) is 0 Å². The number of fused-ring (bicyclic) bond motifs is 1. The number of benzene rings is 2. The average Bonchev–Trinajstić information content (AvgIpc) is 2.75. The lowest BCUT2D eigenvalue weighted by Crippen LogP contribution is -2.40. The van der Waals surface area contributed by atoms with Gasteiger partial charge in [0.05, 0.1) is 31.0 Å². The van der Waals surface area contributed by atoms with E-state index in [1.165, 1.54) is 4.57 Å². The van der Waals surface area contributed by atoms with Crippen molar-refractivity contribution in [3.05, 3.63) is 73.9 Å². The number of ether oxygens (including phenoxy) is 1. The molecule has 2 aromatic carbocycles. The summed E-state index contributed by atoms with van der Waals surface area (Å²) >= 11 is 3.41. The summed E-state index contributed by atoms with van der Waals surface area (Å²) < 4.78 is 8.03. The Hall–Kier alpha value is -2.87. The van der Waals surface area contributed by atoms with E-state index in [9.17, 15) is 19.5 Å². The quantitative estimate of drug-likeness (QED) is 0.368. The Morgan fingerprint density at radius 2 is 1.77 bits per heavy atom. The first-order valence-electron chi connectivity index (χ1n) is 10.0. The molecule has 8 heteroatoms. The van der Waals surface area contributed by atoms with Crippen LogP contribution in [0.25, 0.3) is 10.9 Å². The molecule has 7 nitrogen and oxygen atoms in total. The number of aryl methyl sites for hydroxylation is 2. The summed E-state index contributed by atoms with van der Waals surface area (Å²) in [7, 11) is 1.58. The zero-order valence-corrected chi connectivity index (χ0v) is 19.1. The molecule has 3 aromatic rings. The molecule has 0 aliphatic heterocycles. The van der Waals surface area contributed by atoms with Crippen LogP contribution in [0.5, 0.6) is 5.75 Å². The van der Waals surface area contributed by atoms with Gasteiger partial charge in [-0.05, 0) is 54.7 Å². The molecule has 0 saturated heterocycles. The van der Waals surface area contributed by atoms with Gasteiger partial charge >= 0.3 is 11.7 Å². The van der Waals surface area contributed by atoms with Gasteiger partial charge in [-0.1, -0.05) is 34.1 Å². The maximum atomic E-state index is 13.4. The number of methoxy groups -OCH3 is 1. The van der Waals surface area contributed by atoms with Crippen LogP contribution in [-0.2, 0) is 24.3 Å². The highest BCUT2D eigenvalue weighted by Crippen LogP contribution is 2.20. The second-order valence-electron chi connectivity index (χ2n) is 7.38. The molecular formula is C23H25BrN2O5. The Kier molecular flexibility index (Phi) is 7.33. The molecule has 0 aliphatic rings. The third-order valence-corrected chi connectivity index (χ3v) is 5.93. The van der Waals surface area contributed by atoms with Crippen LogP contribution in [0.2, 0.25) is 0 Å². The fourth-order valence-corrected chi connectivity index (χ4v) is 4.09. The zero-order valence-electron chi connectivity index (χ0n) is 17.6. The molecule has 0 unspecified atom stereocenters. The van der Waals surface area contributed by atoms with Crippen LogP contribution in [-0.4, -0.2) is 32.6 Å². The highest BCUT2D eigenvalue weighted by atomic mass is 79.9. The van der Waals surface area contributed by atoms with Gasteiger partial charge in [0.1, 0.15) is 5.75 Å². The molecule has 0 radical (unpaired) electrons. The summed E-state index contributed by atoms with van der Waals surface area (Å²) in [6.07, 6.45) is 1.49. The Balaban J connectivity index is 2.21. The fourth-order valence-electron chi connectivity index (χ4n) is 3.69. The van der Waals surface area contributed by atoms with Crippen LogP contribution in [0.1, 0.15) is 29.5 Å². The minimum Gasteiger partial charge on any atom is -0.497 e. The van der Waals surface area contributed by atoms with E-state index in [4.69, 9.17) is 4.74 Å². The second kappa shape index (κ2) is 9.96. The molecule has 1 aromatic heterocycles. The van der Waals surface area contributed by atoms with Crippen LogP contribution in [0, 0.1) is 6.92 Å². The van der Waals surface area contributed by atoms with Crippen molar-refractivity contribution in [2.24, 2.45) is 0 Å². The molecule has 0 fully saturated rings. The van der Waals surface area contributed by atoms with E-state index < -0.39 is 11.5 Å². The molecule has 0 bridgehead atoms. The monoisotopic (exact) mass is 488 g/mol. The predicted octanol–water partition coefficient (Wildman–Crippen LogP) is 3.33. The minimum atomic E-state index is -0.966. The zero-order chi connectivity index (χ0) is 22.5. The molecule has 0 atom stereocenters. The number of alkyl halides is 1. The number of aromatic nitrogens is 2. The van der Waals surface area contributed by atoms with Gasteiger partial charge in [0.15, 0.2) is 0 Å². The topological polar surface area (TPSA) is 90.5 Å². The van der Waals surface area contributed by atoms with Crippen LogP contribution < -0.4 is 16.0 Å². The second-order valence-corrected chi connectivity index (χ2v) is 8.18. The van der Waals surface area contributed by atoms with Gasteiger partial charge in [0, 0.05) is 11.9 Å². The van der Waals surface area contributed by atoms with E-state index in [-0.39, 0.29) is 18.7 Å². The Labute approximate surface area is 188 Å². The number of carboxylic acids is 1. The standard InChI is InChI=1S/C23H25BrN2O5/c1-15-17(13-20(27)28)7-10-19-21(15)22(29)26(23(30)25(19)12-4-3-11-24)14-16-5-8-18(31-2)9-6-16/h5-10H,3-4,11-14H2,1-2H3,(H,27,28). The molecule has 0 aliphatic carbocycles. The lowest BCUT2D eigenvalue weighted by atomic mass is 10.0. The van der Waals surface area contributed by atoms with E-state index in [1.54, 1.807) is 42.9 Å². The van der Waals surface area contributed by atoms with Crippen LogP contribution in [0.15, 0.2) is 46.0 Å². The highest BCUT2D eigenvalue weighted by Gasteiger charge is 2.18. The predicted molar refractivity (Wildman–Crippen MR) is 124 cm³/mol.